The van der Waals surface area contributed by atoms with Crippen LogP contribution in [0.2, 0.25) is 15.1 Å². The topological polar surface area (TPSA) is 116 Å². The van der Waals surface area contributed by atoms with Crippen LogP contribution < -0.4 is 10.6 Å². The van der Waals surface area contributed by atoms with Gasteiger partial charge in [-0.25, -0.2) is 4.79 Å². The van der Waals surface area contributed by atoms with Crippen molar-refractivity contribution >= 4 is 58.5 Å². The molecule has 42 heavy (non-hydrogen) atoms. The Morgan fingerprint density at radius 1 is 0.976 bits per heavy atom. The van der Waals surface area contributed by atoms with Gasteiger partial charge in [-0.3, -0.25) is 14.4 Å². The van der Waals surface area contributed by atoms with Gasteiger partial charge in [0.05, 0.1) is 27.6 Å². The summed E-state index contributed by atoms with van der Waals surface area (Å²) in [4.78, 5) is 52.5. The number of carboxylic acid groups (broad SMARTS) is 1. The molecular formula is C31H28Cl3N3O5. The fourth-order valence-corrected chi connectivity index (χ4v) is 6.49. The van der Waals surface area contributed by atoms with Crippen molar-refractivity contribution in [2.75, 3.05) is 13.1 Å². The summed E-state index contributed by atoms with van der Waals surface area (Å²) < 4.78 is 0. The van der Waals surface area contributed by atoms with Gasteiger partial charge < -0.3 is 20.6 Å². The predicted octanol–water partition coefficient (Wildman–Crippen LogP) is 6.11. The number of nitrogens with zero attached hydrogens (tertiary/aromatic N) is 1. The monoisotopic (exact) mass is 627 g/mol. The number of aliphatic carboxylic acids is 1. The van der Waals surface area contributed by atoms with Gasteiger partial charge in [-0.2, -0.15) is 0 Å². The minimum Gasteiger partial charge on any atom is -0.481 e. The van der Waals surface area contributed by atoms with Crippen molar-refractivity contribution in [2.45, 2.75) is 38.3 Å². The summed E-state index contributed by atoms with van der Waals surface area (Å²) in [6.07, 6.45) is 1.61. The van der Waals surface area contributed by atoms with Crippen LogP contribution in [0, 0.1) is 5.92 Å². The van der Waals surface area contributed by atoms with E-state index in [2.05, 4.69) is 10.6 Å². The average molecular weight is 629 g/mol. The van der Waals surface area contributed by atoms with Crippen LogP contribution in [-0.4, -0.2) is 46.8 Å². The maximum atomic E-state index is 13.3. The molecule has 8 nitrogen and oxygen atoms in total. The number of halogens is 3. The Morgan fingerprint density at radius 3 is 2.45 bits per heavy atom. The lowest BCUT2D eigenvalue weighted by atomic mass is 9.92. The Kier molecular flexibility index (Phi) is 9.06. The molecule has 0 saturated carbocycles. The SMILES string of the molecule is O=C(NC[C@H](CC(=O)c1c(Cl)cc2c(c1Cl)CCN(C(=O)c1ccc(Cl)cc1)C2)C(=O)O)N[C@@H]1CCc2ccccc21. The maximum absolute atomic E-state index is 13.3. The van der Waals surface area contributed by atoms with E-state index in [-0.39, 0.29) is 40.6 Å². The third-order valence-electron chi connectivity index (χ3n) is 7.79. The second-order valence-corrected chi connectivity index (χ2v) is 11.7. The summed E-state index contributed by atoms with van der Waals surface area (Å²) in [5, 5.41) is 16.0. The van der Waals surface area contributed by atoms with E-state index in [1.54, 1.807) is 35.2 Å². The highest BCUT2D eigenvalue weighted by molar-refractivity contribution is 6.40. The number of Topliss-reactive ketones (excluding diaryl/α,β-unsaturated/α-hetero) is 1. The number of rotatable bonds is 8. The van der Waals surface area contributed by atoms with Crippen molar-refractivity contribution in [2.24, 2.45) is 5.92 Å². The number of carboxylic acids is 1. The fraction of sp³-hybridized carbons (Fsp3) is 0.290. The molecule has 1 aliphatic carbocycles. The molecule has 1 aliphatic heterocycles. The Bertz CT molecular complexity index is 1560. The van der Waals surface area contributed by atoms with Crippen molar-refractivity contribution < 1.29 is 24.3 Å². The Labute approximate surface area is 257 Å². The fourth-order valence-electron chi connectivity index (χ4n) is 5.56. The summed E-state index contributed by atoms with van der Waals surface area (Å²) in [5.41, 5.74) is 4.19. The van der Waals surface area contributed by atoms with Gasteiger partial charge in [0.2, 0.25) is 0 Å². The van der Waals surface area contributed by atoms with Crippen LogP contribution in [0.4, 0.5) is 4.79 Å². The zero-order chi connectivity index (χ0) is 30.0. The van der Waals surface area contributed by atoms with Gasteiger partial charge in [0.25, 0.3) is 5.91 Å². The molecule has 2 atom stereocenters. The highest BCUT2D eigenvalue weighted by Gasteiger charge is 2.30. The summed E-state index contributed by atoms with van der Waals surface area (Å²) in [6.45, 7) is 0.391. The highest BCUT2D eigenvalue weighted by atomic mass is 35.5. The highest BCUT2D eigenvalue weighted by Crippen LogP contribution is 2.36. The van der Waals surface area contributed by atoms with Gasteiger partial charge in [-0.05, 0) is 71.8 Å². The lowest BCUT2D eigenvalue weighted by molar-refractivity contribution is -0.141. The van der Waals surface area contributed by atoms with Crippen molar-refractivity contribution in [3.05, 3.63) is 103 Å². The number of carbonyl (C=O) groups is 4. The quantitative estimate of drug-likeness (QED) is 0.261. The van der Waals surface area contributed by atoms with Crippen molar-refractivity contribution in [3.63, 3.8) is 0 Å². The molecule has 3 aromatic rings. The number of benzene rings is 3. The summed E-state index contributed by atoms with van der Waals surface area (Å²) in [5.74, 6) is -3.11. The molecule has 218 valence electrons. The molecule has 3 amide bonds. The molecule has 3 N–H and O–H groups in total. The smallest absolute Gasteiger partial charge is 0.315 e. The second-order valence-electron chi connectivity index (χ2n) is 10.5. The number of urea groups is 1. The minimum absolute atomic E-state index is 0.0489. The summed E-state index contributed by atoms with van der Waals surface area (Å²) >= 11 is 19.1. The molecule has 11 heteroatoms. The first kappa shape index (κ1) is 29.9. The number of aryl methyl sites for hydroxylation is 1. The number of hydrogen-bond donors (Lipinski definition) is 3. The van der Waals surface area contributed by atoms with Gasteiger partial charge in [-0.1, -0.05) is 59.1 Å². The van der Waals surface area contributed by atoms with Gasteiger partial charge in [0.15, 0.2) is 5.78 Å². The third-order valence-corrected chi connectivity index (χ3v) is 8.76. The first-order valence-electron chi connectivity index (χ1n) is 13.5. The molecule has 0 unspecified atom stereocenters. The number of ketones is 1. The largest absolute Gasteiger partial charge is 0.481 e. The van der Waals surface area contributed by atoms with Gasteiger partial charge in [0, 0.05) is 36.6 Å². The zero-order valence-electron chi connectivity index (χ0n) is 22.5. The summed E-state index contributed by atoms with van der Waals surface area (Å²) in [7, 11) is 0. The average Bonchev–Trinajstić information content (AvgIpc) is 3.37. The molecule has 0 fully saturated rings. The molecule has 0 bridgehead atoms. The standard InChI is InChI=1S/C31H28Cl3N3O5/c32-21-8-5-18(6-9-21)29(39)37-12-11-23-20(16-37)13-24(33)27(28(23)34)26(38)14-19(30(40)41)15-35-31(42)36-25-10-7-17-3-1-2-4-22(17)25/h1-6,8-9,13,19,25H,7,10-12,14-16H2,(H,40,41)(H2,35,36,42)/t19-,25+/m0/s1. The molecule has 0 saturated heterocycles. The van der Waals surface area contributed by atoms with Crippen LogP contribution in [0.5, 0.6) is 0 Å². The van der Waals surface area contributed by atoms with Gasteiger partial charge in [-0.15, -0.1) is 0 Å². The Hall–Kier alpha value is -3.59. The lowest BCUT2D eigenvalue weighted by Crippen LogP contribution is -2.41. The number of fused-ring (bicyclic) bond motifs is 2. The second kappa shape index (κ2) is 12.7. The van der Waals surface area contributed by atoms with Crippen molar-refractivity contribution in [1.82, 2.24) is 15.5 Å². The molecule has 0 spiro atoms. The molecule has 1 heterocycles. The first-order chi connectivity index (χ1) is 20.1. The first-order valence-corrected chi connectivity index (χ1v) is 14.7. The van der Waals surface area contributed by atoms with Crippen molar-refractivity contribution in [1.29, 1.82) is 0 Å². The summed E-state index contributed by atoms with van der Waals surface area (Å²) in [6, 6.07) is 15.4. The molecule has 3 aromatic carbocycles. The molecule has 5 rings (SSSR count). The van der Waals surface area contributed by atoms with E-state index in [0.717, 1.165) is 24.0 Å². The van der Waals surface area contributed by atoms with E-state index in [1.807, 2.05) is 24.3 Å². The molecule has 0 aromatic heterocycles. The number of nitrogens with one attached hydrogen (secondary N) is 2. The maximum Gasteiger partial charge on any atom is 0.315 e. The molecular weight excluding hydrogens is 601 g/mol. The van der Waals surface area contributed by atoms with Crippen LogP contribution in [0.25, 0.3) is 0 Å². The van der Waals surface area contributed by atoms with Crippen LogP contribution in [0.3, 0.4) is 0 Å². The van der Waals surface area contributed by atoms with E-state index in [0.29, 0.717) is 29.1 Å². The van der Waals surface area contributed by atoms with E-state index in [9.17, 15) is 24.3 Å². The molecule has 2 aliphatic rings. The van der Waals surface area contributed by atoms with E-state index < -0.39 is 30.1 Å². The van der Waals surface area contributed by atoms with E-state index in [4.69, 9.17) is 34.8 Å². The zero-order valence-corrected chi connectivity index (χ0v) is 24.7. The molecule has 0 radical (unpaired) electrons. The van der Waals surface area contributed by atoms with Crippen molar-refractivity contribution in [3.8, 4) is 0 Å². The van der Waals surface area contributed by atoms with E-state index >= 15 is 0 Å². The predicted molar refractivity (Wildman–Crippen MR) is 160 cm³/mol. The number of carbonyl (C=O) groups excluding carboxylic acids is 3. The lowest BCUT2D eigenvalue weighted by Gasteiger charge is -2.30. The van der Waals surface area contributed by atoms with Gasteiger partial charge in [0.1, 0.15) is 0 Å². The number of amides is 3. The Balaban J connectivity index is 1.23. The van der Waals surface area contributed by atoms with Crippen LogP contribution in [0.15, 0.2) is 54.6 Å². The van der Waals surface area contributed by atoms with E-state index in [1.165, 1.54) is 5.56 Å². The van der Waals surface area contributed by atoms with Crippen LogP contribution in [-0.2, 0) is 24.2 Å². The number of hydrogen-bond acceptors (Lipinski definition) is 4. The van der Waals surface area contributed by atoms with Crippen LogP contribution >= 0.6 is 34.8 Å². The normalized spacial score (nSPS) is 16.3. The minimum atomic E-state index is -1.23. The van der Waals surface area contributed by atoms with Crippen LogP contribution in [0.1, 0.15) is 61.9 Å². The third kappa shape index (κ3) is 6.41. The Morgan fingerprint density at radius 2 is 1.71 bits per heavy atom. The van der Waals surface area contributed by atoms with Gasteiger partial charge >= 0.3 is 12.0 Å².